The summed E-state index contributed by atoms with van der Waals surface area (Å²) >= 11 is 1.54. The summed E-state index contributed by atoms with van der Waals surface area (Å²) in [5, 5.41) is 2.88. The maximum absolute atomic E-state index is 13.0. The zero-order valence-electron chi connectivity index (χ0n) is 16.2. The van der Waals surface area contributed by atoms with Gasteiger partial charge >= 0.3 is 0 Å². The number of benzene rings is 3. The molecule has 3 aromatic carbocycles. The molecule has 0 radical (unpaired) electrons. The lowest BCUT2D eigenvalue weighted by atomic mass is 10.2. The molecule has 5 nitrogen and oxygen atoms in total. The highest BCUT2D eigenvalue weighted by atomic mass is 32.2. The van der Waals surface area contributed by atoms with Gasteiger partial charge in [0.2, 0.25) is 0 Å². The molecular formula is C22H22N2O3S2. The topological polar surface area (TPSA) is 66.5 Å². The van der Waals surface area contributed by atoms with Crippen LogP contribution in [0.25, 0.3) is 0 Å². The third-order valence-corrected chi connectivity index (χ3v) is 7.10. The molecular weight excluding hydrogens is 404 g/mol. The Hall–Kier alpha value is -2.77. The van der Waals surface area contributed by atoms with Gasteiger partial charge < -0.3 is 5.32 Å². The molecule has 0 spiro atoms. The summed E-state index contributed by atoms with van der Waals surface area (Å²) < 4.78 is 27.4. The Labute approximate surface area is 175 Å². The van der Waals surface area contributed by atoms with Gasteiger partial charge in [-0.2, -0.15) is 0 Å². The number of para-hydroxylation sites is 2. The van der Waals surface area contributed by atoms with Gasteiger partial charge in [-0.05, 0) is 61.7 Å². The average Bonchev–Trinajstić information content (AvgIpc) is 2.75. The van der Waals surface area contributed by atoms with Crippen LogP contribution >= 0.6 is 11.8 Å². The second-order valence-corrected chi connectivity index (χ2v) is 8.89. The third kappa shape index (κ3) is 4.63. The normalized spacial score (nSPS) is 11.1. The summed E-state index contributed by atoms with van der Waals surface area (Å²) in [6, 6.07) is 22.5. The summed E-state index contributed by atoms with van der Waals surface area (Å²) in [5.41, 5.74) is 1.72. The van der Waals surface area contributed by atoms with Crippen LogP contribution in [0, 0.1) is 0 Å². The number of thioether (sulfide) groups is 1. The van der Waals surface area contributed by atoms with E-state index in [9.17, 15) is 13.2 Å². The lowest BCUT2D eigenvalue weighted by Gasteiger charge is -2.23. The van der Waals surface area contributed by atoms with Crippen molar-refractivity contribution in [3.05, 3.63) is 84.4 Å². The molecule has 1 amide bonds. The second-order valence-electron chi connectivity index (χ2n) is 6.18. The summed E-state index contributed by atoms with van der Waals surface area (Å²) in [5.74, 6) is -0.286. The fraction of sp³-hybridized carbons (Fsp3) is 0.136. The lowest BCUT2D eigenvalue weighted by molar-refractivity contribution is 0.102. The van der Waals surface area contributed by atoms with E-state index in [1.807, 2.05) is 36.6 Å². The van der Waals surface area contributed by atoms with Crippen LogP contribution in [0.3, 0.4) is 0 Å². The van der Waals surface area contributed by atoms with Gasteiger partial charge in [0.25, 0.3) is 15.9 Å². The Kier molecular flexibility index (Phi) is 6.61. The summed E-state index contributed by atoms with van der Waals surface area (Å²) in [4.78, 5) is 13.7. The number of rotatable bonds is 7. The molecule has 150 valence electrons. The molecule has 3 rings (SSSR count). The van der Waals surface area contributed by atoms with E-state index in [1.54, 1.807) is 43.0 Å². The summed E-state index contributed by atoms with van der Waals surface area (Å²) in [6.07, 6.45) is 1.94. The van der Waals surface area contributed by atoms with Gasteiger partial charge in [-0.1, -0.05) is 30.3 Å². The second kappa shape index (κ2) is 9.15. The zero-order chi connectivity index (χ0) is 20.9. The maximum Gasteiger partial charge on any atom is 0.264 e. The molecule has 0 saturated heterocycles. The quantitative estimate of drug-likeness (QED) is 0.547. The SMILES string of the molecule is CCN(c1ccccc1)S(=O)(=O)c1ccc(C(=O)Nc2ccccc2SC)cc1. The number of carbonyl (C=O) groups excluding carboxylic acids is 1. The predicted octanol–water partition coefficient (Wildman–Crippen LogP) is 4.88. The average molecular weight is 427 g/mol. The van der Waals surface area contributed by atoms with Gasteiger partial charge in [-0.3, -0.25) is 9.10 Å². The number of carbonyl (C=O) groups is 1. The Morgan fingerprint density at radius 2 is 1.55 bits per heavy atom. The van der Waals surface area contributed by atoms with Gasteiger partial charge in [0.05, 0.1) is 16.3 Å². The minimum absolute atomic E-state index is 0.143. The molecule has 0 aliphatic carbocycles. The highest BCUT2D eigenvalue weighted by molar-refractivity contribution is 7.98. The molecule has 0 aliphatic heterocycles. The van der Waals surface area contributed by atoms with Crippen molar-refractivity contribution < 1.29 is 13.2 Å². The predicted molar refractivity (Wildman–Crippen MR) is 119 cm³/mol. The summed E-state index contributed by atoms with van der Waals surface area (Å²) in [6.45, 7) is 2.09. The molecule has 29 heavy (non-hydrogen) atoms. The zero-order valence-corrected chi connectivity index (χ0v) is 17.8. The van der Waals surface area contributed by atoms with Crippen molar-refractivity contribution in [3.8, 4) is 0 Å². The van der Waals surface area contributed by atoms with E-state index in [-0.39, 0.29) is 10.8 Å². The minimum Gasteiger partial charge on any atom is -0.321 e. The molecule has 1 N–H and O–H groups in total. The van der Waals surface area contributed by atoms with Crippen molar-refractivity contribution in [2.24, 2.45) is 0 Å². The number of nitrogens with zero attached hydrogens (tertiary/aromatic N) is 1. The smallest absolute Gasteiger partial charge is 0.264 e. The number of amides is 1. The van der Waals surface area contributed by atoms with E-state index in [4.69, 9.17) is 0 Å². The molecule has 0 aliphatic rings. The van der Waals surface area contributed by atoms with E-state index in [0.717, 1.165) is 10.6 Å². The number of hydrogen-bond donors (Lipinski definition) is 1. The Balaban J connectivity index is 1.83. The number of nitrogens with one attached hydrogen (secondary N) is 1. The molecule has 0 aromatic heterocycles. The van der Waals surface area contributed by atoms with E-state index < -0.39 is 10.0 Å². The van der Waals surface area contributed by atoms with Gasteiger partial charge in [0.1, 0.15) is 0 Å². The third-order valence-electron chi connectivity index (χ3n) is 4.39. The van der Waals surface area contributed by atoms with Crippen LogP contribution in [0.2, 0.25) is 0 Å². The molecule has 0 heterocycles. The van der Waals surface area contributed by atoms with Crippen LogP contribution in [0.5, 0.6) is 0 Å². The molecule has 0 saturated carbocycles. The molecule has 0 atom stereocenters. The fourth-order valence-corrected chi connectivity index (χ4v) is 4.96. The minimum atomic E-state index is -3.72. The number of hydrogen-bond acceptors (Lipinski definition) is 4. The first-order valence-corrected chi connectivity index (χ1v) is 11.8. The number of anilines is 2. The molecule has 0 fully saturated rings. The monoisotopic (exact) mass is 426 g/mol. The molecule has 0 bridgehead atoms. The van der Waals surface area contributed by atoms with Gasteiger partial charge in [-0.25, -0.2) is 8.42 Å². The lowest BCUT2D eigenvalue weighted by Crippen LogP contribution is -2.30. The Bertz CT molecular complexity index is 1080. The van der Waals surface area contributed by atoms with Crippen molar-refractivity contribution in [2.45, 2.75) is 16.7 Å². The van der Waals surface area contributed by atoms with Crippen LogP contribution in [-0.2, 0) is 10.0 Å². The van der Waals surface area contributed by atoms with E-state index in [2.05, 4.69) is 5.32 Å². The van der Waals surface area contributed by atoms with E-state index >= 15 is 0 Å². The maximum atomic E-state index is 13.0. The van der Waals surface area contributed by atoms with Crippen molar-refractivity contribution in [1.82, 2.24) is 0 Å². The van der Waals surface area contributed by atoms with Gasteiger partial charge in [0, 0.05) is 17.0 Å². The van der Waals surface area contributed by atoms with Crippen molar-refractivity contribution in [3.63, 3.8) is 0 Å². The van der Waals surface area contributed by atoms with Gasteiger partial charge in [0.15, 0.2) is 0 Å². The van der Waals surface area contributed by atoms with E-state index in [0.29, 0.717) is 17.8 Å². The molecule has 7 heteroatoms. The Morgan fingerprint density at radius 3 is 2.17 bits per heavy atom. The molecule has 3 aromatic rings. The van der Waals surface area contributed by atoms with Crippen molar-refractivity contribution in [2.75, 3.05) is 22.4 Å². The summed E-state index contributed by atoms with van der Waals surface area (Å²) in [7, 11) is -3.72. The van der Waals surface area contributed by atoms with Crippen molar-refractivity contribution in [1.29, 1.82) is 0 Å². The van der Waals surface area contributed by atoms with Crippen LogP contribution in [-0.4, -0.2) is 27.1 Å². The first-order valence-electron chi connectivity index (χ1n) is 9.09. The number of sulfonamides is 1. The Morgan fingerprint density at radius 1 is 0.931 bits per heavy atom. The first kappa shape index (κ1) is 21.0. The van der Waals surface area contributed by atoms with Crippen LogP contribution in [0.1, 0.15) is 17.3 Å². The van der Waals surface area contributed by atoms with Crippen LogP contribution in [0.4, 0.5) is 11.4 Å². The molecule has 0 unspecified atom stereocenters. The largest absolute Gasteiger partial charge is 0.321 e. The standard InChI is InChI=1S/C22H22N2O3S2/c1-3-24(18-9-5-4-6-10-18)29(26,27)19-15-13-17(14-16-19)22(25)23-20-11-7-8-12-21(20)28-2/h4-16H,3H2,1-2H3,(H,23,25). The highest BCUT2D eigenvalue weighted by Crippen LogP contribution is 2.26. The highest BCUT2D eigenvalue weighted by Gasteiger charge is 2.23. The first-order chi connectivity index (χ1) is 14.0. The van der Waals surface area contributed by atoms with E-state index in [1.165, 1.54) is 28.6 Å². The van der Waals surface area contributed by atoms with Crippen molar-refractivity contribution >= 4 is 39.1 Å². The van der Waals surface area contributed by atoms with Gasteiger partial charge in [-0.15, -0.1) is 11.8 Å². The fourth-order valence-electron chi connectivity index (χ4n) is 2.93. The van der Waals surface area contributed by atoms with Crippen LogP contribution < -0.4 is 9.62 Å². The van der Waals surface area contributed by atoms with Crippen LogP contribution in [0.15, 0.2) is 88.7 Å².